The fraction of sp³-hybridized carbons (Fsp3) is 0.207. The zero-order valence-electron chi connectivity index (χ0n) is 22.6. The van der Waals surface area contributed by atoms with E-state index in [0.717, 1.165) is 15.5 Å². The predicted octanol–water partition coefficient (Wildman–Crippen LogP) is 5.72. The molecule has 0 saturated heterocycles. The van der Waals surface area contributed by atoms with E-state index in [1.165, 1.54) is 25.4 Å². The number of fused-ring (bicyclic) bond motifs is 2. The van der Waals surface area contributed by atoms with Gasteiger partial charge in [-0.15, -0.1) is 0 Å². The number of carbonyl (C=O) groups excluding carboxylic acids is 3. The molecule has 218 valence electrons. The molecule has 9 nitrogen and oxygen atoms in total. The maximum absolute atomic E-state index is 13.6. The largest absolute Gasteiger partial charge is 0.534 e. The first-order valence-corrected chi connectivity index (χ1v) is 13.9. The van der Waals surface area contributed by atoms with E-state index in [0.29, 0.717) is 21.7 Å². The van der Waals surface area contributed by atoms with E-state index in [1.54, 1.807) is 63.2 Å². The van der Waals surface area contributed by atoms with Crippen LogP contribution in [0.3, 0.4) is 0 Å². The Morgan fingerprint density at radius 2 is 1.38 bits per heavy atom. The molecule has 0 unspecified atom stereocenters. The van der Waals surface area contributed by atoms with Gasteiger partial charge >= 0.3 is 21.7 Å². The summed E-state index contributed by atoms with van der Waals surface area (Å²) in [5.74, 6) is -2.53. The molecule has 0 radical (unpaired) electrons. The molecule has 3 aromatic carbocycles. The molecule has 0 atom stereocenters. The molecular formula is C29H23F3N2O7S. The van der Waals surface area contributed by atoms with Crippen molar-refractivity contribution in [2.75, 3.05) is 7.05 Å². The number of ether oxygens (including phenoxy) is 1. The number of halogens is 3. The van der Waals surface area contributed by atoms with Crippen LogP contribution in [0.1, 0.15) is 31.9 Å². The summed E-state index contributed by atoms with van der Waals surface area (Å²) in [6.45, 7) is 5.01. The first kappa shape index (κ1) is 28.9. The fourth-order valence-corrected chi connectivity index (χ4v) is 5.10. The van der Waals surface area contributed by atoms with E-state index >= 15 is 0 Å². The smallest absolute Gasteiger partial charge is 0.443 e. The number of imide groups is 1. The number of benzene rings is 3. The fourth-order valence-electron chi connectivity index (χ4n) is 4.63. The number of carbonyl (C=O) groups is 3. The van der Waals surface area contributed by atoms with Crippen LogP contribution in [-0.4, -0.2) is 53.9 Å². The van der Waals surface area contributed by atoms with Gasteiger partial charge in [0.05, 0.1) is 16.7 Å². The summed E-state index contributed by atoms with van der Waals surface area (Å²) < 4.78 is 75.4. The second kappa shape index (κ2) is 9.72. The topological polar surface area (TPSA) is 112 Å². The Bertz CT molecular complexity index is 1950. The van der Waals surface area contributed by atoms with Crippen molar-refractivity contribution in [2.24, 2.45) is 0 Å². The highest BCUT2D eigenvalue weighted by atomic mass is 32.2. The molecule has 0 bridgehead atoms. The lowest BCUT2D eigenvalue weighted by Gasteiger charge is -2.19. The standard InChI is InChI=1S/C29H23F3N2O7S/c1-28(2,3)40-27(37)34-15-20(18-11-7-8-12-21(18)34)24-23(25(35)33(4)26(24)36)19-13-16-9-5-6-10-17(16)14-22(19)41-42(38,39)29(30,31)32/h5-15H,1-4H3. The van der Waals surface area contributed by atoms with Gasteiger partial charge in [0, 0.05) is 29.8 Å². The van der Waals surface area contributed by atoms with Crippen molar-refractivity contribution in [3.8, 4) is 5.75 Å². The molecular weight excluding hydrogens is 577 g/mol. The molecule has 1 aliphatic heterocycles. The zero-order valence-corrected chi connectivity index (χ0v) is 23.5. The van der Waals surface area contributed by atoms with Crippen LogP contribution in [0.4, 0.5) is 18.0 Å². The van der Waals surface area contributed by atoms with Gasteiger partial charge in [-0.3, -0.25) is 19.1 Å². The summed E-state index contributed by atoms with van der Waals surface area (Å²) in [7, 11) is -4.98. The van der Waals surface area contributed by atoms with Crippen LogP contribution in [-0.2, 0) is 24.4 Å². The number of rotatable bonds is 4. The molecule has 42 heavy (non-hydrogen) atoms. The Morgan fingerprint density at radius 1 is 0.833 bits per heavy atom. The minimum atomic E-state index is -6.16. The summed E-state index contributed by atoms with van der Waals surface area (Å²) in [6.07, 6.45) is 0.523. The molecule has 0 N–H and O–H groups in total. The van der Waals surface area contributed by atoms with Crippen LogP contribution in [0.25, 0.3) is 32.8 Å². The molecule has 0 spiro atoms. The Kier molecular flexibility index (Phi) is 6.68. The third kappa shape index (κ3) is 4.89. The highest BCUT2D eigenvalue weighted by molar-refractivity contribution is 7.88. The monoisotopic (exact) mass is 600 g/mol. The lowest BCUT2D eigenvalue weighted by atomic mass is 9.93. The Morgan fingerprint density at radius 3 is 1.98 bits per heavy atom. The summed E-state index contributed by atoms with van der Waals surface area (Å²) in [4.78, 5) is 40.9. The third-order valence-electron chi connectivity index (χ3n) is 6.46. The predicted molar refractivity (Wildman–Crippen MR) is 148 cm³/mol. The van der Waals surface area contributed by atoms with Gasteiger partial charge in [0.25, 0.3) is 11.8 Å². The van der Waals surface area contributed by atoms with Gasteiger partial charge in [-0.05, 0) is 49.7 Å². The van der Waals surface area contributed by atoms with Gasteiger partial charge in [0.15, 0.2) is 5.75 Å². The summed E-state index contributed by atoms with van der Waals surface area (Å²) in [5.41, 5.74) is -7.20. The van der Waals surface area contributed by atoms with Crippen molar-refractivity contribution in [3.05, 3.63) is 78.0 Å². The van der Waals surface area contributed by atoms with Gasteiger partial charge in [-0.25, -0.2) is 4.79 Å². The molecule has 13 heteroatoms. The van der Waals surface area contributed by atoms with Gasteiger partial charge in [-0.2, -0.15) is 21.6 Å². The average molecular weight is 601 g/mol. The Balaban J connectivity index is 1.84. The molecule has 0 aliphatic carbocycles. The molecule has 2 heterocycles. The summed E-state index contributed by atoms with van der Waals surface area (Å²) >= 11 is 0. The Hall–Kier alpha value is -4.65. The maximum Gasteiger partial charge on any atom is 0.534 e. The second-order valence-corrected chi connectivity index (χ2v) is 12.0. The van der Waals surface area contributed by atoms with E-state index in [4.69, 9.17) is 4.74 Å². The number of nitrogens with zero attached hydrogens (tertiary/aromatic N) is 2. The molecule has 1 aliphatic rings. The quantitative estimate of drug-likeness (QED) is 0.167. The van der Waals surface area contributed by atoms with E-state index in [1.807, 2.05) is 0 Å². The molecule has 1 aromatic heterocycles. The van der Waals surface area contributed by atoms with Crippen molar-refractivity contribution in [3.63, 3.8) is 0 Å². The van der Waals surface area contributed by atoms with Crippen LogP contribution in [0.5, 0.6) is 5.75 Å². The first-order valence-electron chi connectivity index (χ1n) is 12.4. The van der Waals surface area contributed by atoms with Gasteiger partial charge in [0.1, 0.15) is 5.60 Å². The van der Waals surface area contributed by atoms with Crippen molar-refractivity contribution in [1.82, 2.24) is 9.47 Å². The molecule has 0 fully saturated rings. The first-order chi connectivity index (χ1) is 19.5. The van der Waals surface area contributed by atoms with E-state index in [9.17, 15) is 36.0 Å². The second-order valence-electron chi connectivity index (χ2n) is 10.5. The lowest BCUT2D eigenvalue weighted by molar-refractivity contribution is -0.134. The molecule has 5 rings (SSSR count). The maximum atomic E-state index is 13.6. The highest BCUT2D eigenvalue weighted by Crippen LogP contribution is 2.43. The number of hydrogen-bond acceptors (Lipinski definition) is 7. The number of para-hydroxylation sites is 1. The summed E-state index contributed by atoms with van der Waals surface area (Å²) in [6, 6.07) is 15.1. The number of likely N-dealkylation sites (N-methyl/N-ethyl adjacent to an activating group) is 1. The number of amides is 2. The van der Waals surface area contributed by atoms with Crippen LogP contribution in [0.2, 0.25) is 0 Å². The van der Waals surface area contributed by atoms with E-state index < -0.39 is 50.5 Å². The minimum Gasteiger partial charge on any atom is -0.443 e. The summed E-state index contributed by atoms with van der Waals surface area (Å²) in [5, 5.41) is 1.11. The van der Waals surface area contributed by atoms with Gasteiger partial charge in [-0.1, -0.05) is 42.5 Å². The molecule has 2 amide bonds. The van der Waals surface area contributed by atoms with Crippen LogP contribution >= 0.6 is 0 Å². The van der Waals surface area contributed by atoms with Crippen molar-refractivity contribution >= 4 is 60.8 Å². The minimum absolute atomic E-state index is 0.104. The SMILES string of the molecule is CN1C(=O)C(c2cc3ccccc3cc2OS(=O)(=O)C(F)(F)F)=C(c2cn(C(=O)OC(C)(C)C)c3ccccc23)C1=O. The van der Waals surface area contributed by atoms with Crippen LogP contribution in [0.15, 0.2) is 66.9 Å². The Labute approximate surface area is 237 Å². The van der Waals surface area contributed by atoms with E-state index in [-0.39, 0.29) is 16.7 Å². The van der Waals surface area contributed by atoms with E-state index in [2.05, 4.69) is 4.18 Å². The van der Waals surface area contributed by atoms with Crippen molar-refractivity contribution < 1.29 is 44.9 Å². The zero-order chi connectivity index (χ0) is 30.8. The van der Waals surface area contributed by atoms with Crippen molar-refractivity contribution in [2.45, 2.75) is 31.9 Å². The average Bonchev–Trinajstić information content (AvgIpc) is 3.37. The van der Waals surface area contributed by atoms with Crippen LogP contribution < -0.4 is 4.18 Å². The number of aromatic nitrogens is 1. The number of hydrogen-bond donors (Lipinski definition) is 0. The van der Waals surface area contributed by atoms with Gasteiger partial charge in [0.2, 0.25) is 0 Å². The van der Waals surface area contributed by atoms with Crippen LogP contribution in [0, 0.1) is 0 Å². The third-order valence-corrected chi connectivity index (χ3v) is 7.42. The lowest BCUT2D eigenvalue weighted by Crippen LogP contribution is -2.29. The highest BCUT2D eigenvalue weighted by Gasteiger charge is 2.49. The van der Waals surface area contributed by atoms with Gasteiger partial charge < -0.3 is 8.92 Å². The van der Waals surface area contributed by atoms with Crippen molar-refractivity contribution in [1.29, 1.82) is 0 Å². The normalized spacial score (nSPS) is 14.8. The number of alkyl halides is 3. The molecule has 4 aromatic rings. The molecule has 0 saturated carbocycles.